The third-order valence-electron chi connectivity index (χ3n) is 17.1. The minimum atomic E-state index is -2.79. The summed E-state index contributed by atoms with van der Waals surface area (Å²) in [7, 11) is 0. The van der Waals surface area contributed by atoms with Crippen molar-refractivity contribution in [2.75, 3.05) is 0 Å². The van der Waals surface area contributed by atoms with Gasteiger partial charge >= 0.3 is 73.9 Å². The zero-order valence-electron chi connectivity index (χ0n) is 8.90. The summed E-state index contributed by atoms with van der Waals surface area (Å²) in [6.07, 6.45) is 0. The van der Waals surface area contributed by atoms with Crippen LogP contribution in [0.5, 0.6) is 0 Å². The van der Waals surface area contributed by atoms with E-state index in [4.69, 9.17) is 0 Å². The molecule has 1 heteroatoms. The molecule has 0 N–H and O–H groups in total. The Kier molecular flexibility index (Phi) is 0.102. The first-order valence-electron chi connectivity index (χ1n) is 6.52. The maximum absolute atomic E-state index is 2.83. The van der Waals surface area contributed by atoms with Gasteiger partial charge in [0.05, 0.1) is 0 Å². The van der Waals surface area contributed by atoms with E-state index in [1.807, 2.05) is 0 Å². The number of hydrogen-bond donors (Lipinski definition) is 0. The van der Waals surface area contributed by atoms with Gasteiger partial charge in [0.1, 0.15) is 0 Å². The molecule has 0 aromatic rings. The molecule has 10 aliphatic heterocycles. The van der Waals surface area contributed by atoms with Crippen LogP contribution in [-0.4, -0.2) is 0 Å². The van der Waals surface area contributed by atoms with E-state index in [1.54, 1.807) is 0 Å². The van der Waals surface area contributed by atoms with Crippen molar-refractivity contribution in [3.05, 3.63) is 0 Å². The van der Waals surface area contributed by atoms with Crippen LogP contribution in [-0.2, 0) is 6.51 Å². The Morgan fingerprint density at radius 2 is 1.21 bits per heavy atom. The summed E-state index contributed by atoms with van der Waals surface area (Å²) in [5, 5.41) is 0. The number of hydrogen-bond acceptors (Lipinski definition) is 0. The van der Waals surface area contributed by atoms with Crippen LogP contribution in [0.4, 0.5) is 0 Å². The van der Waals surface area contributed by atoms with Gasteiger partial charge in [-0.15, -0.1) is 0 Å². The average molecular weight is 228 g/mol. The molecule has 0 aromatic carbocycles. The second-order valence-electron chi connectivity index (χ2n) is 11.0. The molecule has 10 aliphatic rings. The molecule has 0 bridgehead atoms. The van der Waals surface area contributed by atoms with E-state index < -0.39 is 6.51 Å². The van der Waals surface area contributed by atoms with E-state index in [0.717, 1.165) is 12.9 Å². The Bertz CT molecular complexity index is 911. The van der Waals surface area contributed by atoms with Gasteiger partial charge in [0, 0.05) is 0 Å². The van der Waals surface area contributed by atoms with Gasteiger partial charge in [-0.05, 0) is 0 Å². The standard InChI is InChI=1S/C7H9.C6H7.Fe/c1-6-3-4-7(2)5-6;1-6-4-2-3-5-6;/h3-5H,1-2H3;2-5H,1H3;. The zero-order chi connectivity index (χ0) is 8.86. The van der Waals surface area contributed by atoms with E-state index in [2.05, 4.69) is 20.8 Å². The normalized spacial score (nSPS) is 153. The Morgan fingerprint density at radius 3 is 1.21 bits per heavy atom. The Hall–Kier alpha value is 0.519. The monoisotopic (exact) mass is 228 g/mol. The van der Waals surface area contributed by atoms with Gasteiger partial charge < -0.3 is 0 Å². The Balaban J connectivity index is 2.11. The molecule has 0 radical (unpaired) electrons. The molecule has 76 valence electrons. The molecule has 10 rings (SSSR count). The first kappa shape index (κ1) is 4.80. The van der Waals surface area contributed by atoms with Crippen molar-refractivity contribution >= 4 is 0 Å². The summed E-state index contributed by atoms with van der Waals surface area (Å²) >= 11 is 0. The van der Waals surface area contributed by atoms with Crippen LogP contribution in [0.1, 0.15) is 20.8 Å². The molecule has 14 heavy (non-hydrogen) atoms. The molecule has 0 nitrogen and oxygen atoms in total. The van der Waals surface area contributed by atoms with Crippen molar-refractivity contribution in [3.63, 3.8) is 0 Å². The first-order valence-corrected chi connectivity index (χ1v) is 12.6. The molecule has 8 atom stereocenters. The molecule has 8 unspecified atom stereocenters. The van der Waals surface area contributed by atoms with E-state index in [-0.39, 0.29) is 0 Å². The maximum atomic E-state index is 2.83. The first-order chi connectivity index (χ1) is 6.32. The van der Waals surface area contributed by atoms with Crippen molar-refractivity contribution in [2.24, 2.45) is 0 Å². The Labute approximate surface area is 74.1 Å². The summed E-state index contributed by atoms with van der Waals surface area (Å²) in [4.78, 5) is 10.3. The van der Waals surface area contributed by atoms with Crippen LogP contribution in [0.15, 0.2) is 0 Å². The molecule has 10 fully saturated rings. The Morgan fingerprint density at radius 1 is 0.714 bits per heavy atom. The van der Waals surface area contributed by atoms with Gasteiger partial charge in [-0.3, -0.25) is 0 Å². The third kappa shape index (κ3) is 0.0290. The zero-order valence-corrected chi connectivity index (χ0v) is 10.00. The van der Waals surface area contributed by atoms with Crippen molar-refractivity contribution in [3.8, 4) is 0 Å². The molecular weight excluding hydrogens is 212 g/mol. The summed E-state index contributed by atoms with van der Waals surface area (Å²) in [6.45, 7) is 5.69. The van der Waals surface area contributed by atoms with Crippen molar-refractivity contribution < 1.29 is 6.51 Å². The molecule has 10 heterocycles. The summed E-state index contributed by atoms with van der Waals surface area (Å²) in [6, 6.07) is 0. The minimum absolute atomic E-state index is 1.12. The average Bonchev–Trinajstić information content (AvgIpc) is 3.05. The second-order valence-corrected chi connectivity index (χ2v) is 34.7. The number of fused-ring (bicyclic) bond motifs is 10. The van der Waals surface area contributed by atoms with E-state index >= 15 is 0 Å². The van der Waals surface area contributed by atoms with E-state index in [9.17, 15) is 0 Å². The third-order valence-corrected chi connectivity index (χ3v) is 64.5. The topological polar surface area (TPSA) is 0 Å². The van der Waals surface area contributed by atoms with Gasteiger partial charge in [0.2, 0.25) is 0 Å². The molecule has 0 amide bonds. The van der Waals surface area contributed by atoms with Crippen LogP contribution < -0.4 is 0 Å². The van der Waals surface area contributed by atoms with Crippen molar-refractivity contribution in [1.82, 2.24) is 0 Å². The fourth-order valence-corrected chi connectivity index (χ4v) is 102. The molecule has 0 saturated carbocycles. The molecule has 0 aromatic heterocycles. The summed E-state index contributed by atoms with van der Waals surface area (Å²) < 4.78 is 3.35. The fraction of sp³-hybridized carbons (Fsp3) is 1.00. The van der Waals surface area contributed by atoms with Gasteiger partial charge in [0.15, 0.2) is 0 Å². The van der Waals surface area contributed by atoms with Crippen LogP contribution in [0, 0.1) is 0 Å². The second kappa shape index (κ2) is 0.297. The van der Waals surface area contributed by atoms with Crippen LogP contribution in [0.2, 0.25) is 46.7 Å². The van der Waals surface area contributed by atoms with Crippen molar-refractivity contribution in [2.45, 2.75) is 67.4 Å². The molecular formula is C13H16Fe. The quantitative estimate of drug-likeness (QED) is 0.533. The van der Waals surface area contributed by atoms with Crippen LogP contribution >= 0.6 is 0 Å². The van der Waals surface area contributed by atoms with Gasteiger partial charge in [-0.1, -0.05) is 0 Å². The summed E-state index contributed by atoms with van der Waals surface area (Å²) in [5.41, 5.74) is 0. The SMILES string of the molecule is C[C]12[CH]3[CH]4[CH]5[CH]1[Fe]45321678[CH]2[CH]1[C]6(C)[CH]7[C]28C. The van der Waals surface area contributed by atoms with Gasteiger partial charge in [0.25, 0.3) is 0 Å². The fourth-order valence-electron chi connectivity index (χ4n) is 20.4. The predicted octanol–water partition coefficient (Wildman–Crippen LogP) is 4.55. The summed E-state index contributed by atoms with van der Waals surface area (Å²) in [5.74, 6) is 0. The van der Waals surface area contributed by atoms with Crippen LogP contribution in [0.25, 0.3) is 0 Å². The van der Waals surface area contributed by atoms with Crippen LogP contribution in [0.3, 0.4) is 0 Å². The molecule has 1 spiro atoms. The van der Waals surface area contributed by atoms with E-state index in [1.165, 1.54) is 33.7 Å². The molecule has 10 saturated heterocycles. The van der Waals surface area contributed by atoms with E-state index in [0.29, 0.717) is 0 Å². The number of rotatable bonds is 0. The van der Waals surface area contributed by atoms with Gasteiger partial charge in [-0.2, -0.15) is 0 Å². The molecule has 0 aliphatic carbocycles. The predicted molar refractivity (Wildman–Crippen MR) is 51.4 cm³/mol. The van der Waals surface area contributed by atoms with Gasteiger partial charge in [-0.25, -0.2) is 0 Å². The van der Waals surface area contributed by atoms with Crippen molar-refractivity contribution in [1.29, 1.82) is 0 Å².